The van der Waals surface area contributed by atoms with Crippen molar-refractivity contribution < 1.29 is 9.84 Å². The molecule has 0 bridgehead atoms. The largest absolute Gasteiger partial charge is 0.394 e. The summed E-state index contributed by atoms with van der Waals surface area (Å²) in [7, 11) is 0. The lowest BCUT2D eigenvalue weighted by atomic mass is 10.1. The number of aliphatic hydroxyl groups is 1. The number of hydrogen-bond donors (Lipinski definition) is 3. The average molecular weight is 333 g/mol. The molecule has 0 saturated carbocycles. The Hall–Kier alpha value is -2.62. The second-order valence-corrected chi connectivity index (χ2v) is 5.50. The molecule has 0 aromatic carbocycles. The highest BCUT2D eigenvalue weighted by molar-refractivity contribution is 5.84. The number of imidazole rings is 1. The summed E-state index contributed by atoms with van der Waals surface area (Å²) in [4.78, 5) is 15.6. The number of nitrogen functional groups attached to an aromatic ring is 1. The summed E-state index contributed by atoms with van der Waals surface area (Å²) in [6.07, 6.45) is 1.94. The summed E-state index contributed by atoms with van der Waals surface area (Å²) < 4.78 is 7.50. The molecule has 2 aromatic heterocycles. The maximum Gasteiger partial charge on any atom is 0.224 e. The summed E-state index contributed by atoms with van der Waals surface area (Å²) in [5.41, 5.74) is 15.6. The fourth-order valence-electron chi connectivity index (χ4n) is 2.75. The van der Waals surface area contributed by atoms with Crippen molar-refractivity contribution in [3.63, 3.8) is 0 Å². The molecule has 3 rings (SSSR count). The van der Waals surface area contributed by atoms with Gasteiger partial charge in [0.05, 0.1) is 25.1 Å². The fourth-order valence-corrected chi connectivity index (χ4v) is 2.75. The Morgan fingerprint density at radius 2 is 2.42 bits per heavy atom. The zero-order chi connectivity index (χ0) is 17.1. The van der Waals surface area contributed by atoms with Gasteiger partial charge in [-0.1, -0.05) is 12.0 Å². The van der Waals surface area contributed by atoms with Gasteiger partial charge in [-0.15, -0.1) is 0 Å². The van der Waals surface area contributed by atoms with Crippen molar-refractivity contribution in [2.24, 2.45) is 5.11 Å². The highest BCUT2D eigenvalue weighted by Gasteiger charge is 2.36. The van der Waals surface area contributed by atoms with Crippen LogP contribution in [0.4, 0.5) is 11.8 Å². The third-order valence-electron chi connectivity index (χ3n) is 3.88. The molecule has 1 saturated heterocycles. The molecule has 0 radical (unpaired) electrons. The van der Waals surface area contributed by atoms with Crippen LogP contribution < -0.4 is 11.1 Å². The van der Waals surface area contributed by atoms with E-state index in [1.807, 2.05) is 6.92 Å². The molecule has 0 unspecified atom stereocenters. The molecule has 24 heavy (non-hydrogen) atoms. The molecular formula is C13H19N9O2. The van der Waals surface area contributed by atoms with Crippen LogP contribution in [0, 0.1) is 0 Å². The lowest BCUT2D eigenvalue weighted by molar-refractivity contribution is -0.0232. The fraction of sp³-hybridized carbons (Fsp3) is 0.615. The SMILES string of the molecule is CCCNc1nc(N)nc2c1ncn2[C@H]1C[C@H](N=[N+]=[N-])[C@@H](CO)O1. The van der Waals surface area contributed by atoms with Crippen LogP contribution in [0.2, 0.25) is 0 Å². The number of hydrogen-bond acceptors (Lipinski definition) is 8. The normalized spacial score (nSPS) is 23.3. The number of nitrogens with two attached hydrogens (primary N) is 1. The molecule has 0 amide bonds. The van der Waals surface area contributed by atoms with Crippen LogP contribution in [0.15, 0.2) is 11.4 Å². The molecule has 1 fully saturated rings. The zero-order valence-electron chi connectivity index (χ0n) is 13.2. The Kier molecular flexibility index (Phi) is 4.65. The van der Waals surface area contributed by atoms with Crippen LogP contribution in [0.1, 0.15) is 26.0 Å². The van der Waals surface area contributed by atoms with E-state index >= 15 is 0 Å². The van der Waals surface area contributed by atoms with Gasteiger partial charge in [0, 0.05) is 17.9 Å². The molecular weight excluding hydrogens is 314 g/mol. The first-order valence-electron chi connectivity index (χ1n) is 7.72. The van der Waals surface area contributed by atoms with E-state index in [0.717, 1.165) is 13.0 Å². The second-order valence-electron chi connectivity index (χ2n) is 5.50. The Balaban J connectivity index is 1.96. The zero-order valence-corrected chi connectivity index (χ0v) is 13.2. The van der Waals surface area contributed by atoms with Gasteiger partial charge in [0.15, 0.2) is 17.0 Å². The van der Waals surface area contributed by atoms with Gasteiger partial charge in [-0.3, -0.25) is 4.57 Å². The topological polar surface area (TPSA) is 160 Å². The van der Waals surface area contributed by atoms with Gasteiger partial charge in [-0.05, 0) is 12.0 Å². The minimum absolute atomic E-state index is 0.131. The lowest BCUT2D eigenvalue weighted by Crippen LogP contribution is -2.22. The van der Waals surface area contributed by atoms with Crippen LogP contribution in [-0.2, 0) is 4.74 Å². The predicted molar refractivity (Wildman–Crippen MR) is 87.1 cm³/mol. The van der Waals surface area contributed by atoms with E-state index in [1.165, 1.54) is 0 Å². The van der Waals surface area contributed by atoms with Gasteiger partial charge in [-0.25, -0.2) is 4.98 Å². The van der Waals surface area contributed by atoms with Crippen LogP contribution in [0.3, 0.4) is 0 Å². The minimum Gasteiger partial charge on any atom is -0.394 e. The summed E-state index contributed by atoms with van der Waals surface area (Å²) in [5, 5.41) is 16.2. The molecule has 0 spiro atoms. The summed E-state index contributed by atoms with van der Waals surface area (Å²) >= 11 is 0. The Morgan fingerprint density at radius 3 is 3.12 bits per heavy atom. The first-order chi connectivity index (χ1) is 11.7. The number of ether oxygens (including phenoxy) is 1. The monoisotopic (exact) mass is 333 g/mol. The molecule has 11 heteroatoms. The van der Waals surface area contributed by atoms with Crippen molar-refractivity contribution in [1.82, 2.24) is 19.5 Å². The molecule has 1 aliphatic rings. The molecule has 128 valence electrons. The predicted octanol–water partition coefficient (Wildman–Crippen LogP) is 1.19. The minimum atomic E-state index is -0.555. The van der Waals surface area contributed by atoms with Crippen molar-refractivity contribution in [2.45, 2.75) is 38.1 Å². The van der Waals surface area contributed by atoms with Gasteiger partial charge in [0.2, 0.25) is 5.95 Å². The van der Waals surface area contributed by atoms with E-state index in [2.05, 4.69) is 30.3 Å². The van der Waals surface area contributed by atoms with Crippen molar-refractivity contribution in [1.29, 1.82) is 0 Å². The molecule has 3 heterocycles. The van der Waals surface area contributed by atoms with Crippen molar-refractivity contribution >= 4 is 22.9 Å². The maximum absolute atomic E-state index is 9.39. The van der Waals surface area contributed by atoms with Crippen LogP contribution in [-0.4, -0.2) is 49.9 Å². The molecule has 1 aliphatic heterocycles. The number of nitrogens with one attached hydrogen (secondary N) is 1. The number of azide groups is 1. The lowest BCUT2D eigenvalue weighted by Gasteiger charge is -2.14. The molecule has 3 atom stereocenters. The third kappa shape index (κ3) is 2.92. The number of aliphatic hydroxyl groups excluding tert-OH is 1. The molecule has 11 nitrogen and oxygen atoms in total. The average Bonchev–Trinajstić information content (AvgIpc) is 3.16. The summed E-state index contributed by atoms with van der Waals surface area (Å²) in [5.74, 6) is 0.701. The molecule has 2 aromatic rings. The van der Waals surface area contributed by atoms with Gasteiger partial charge >= 0.3 is 0 Å². The third-order valence-corrected chi connectivity index (χ3v) is 3.88. The van der Waals surface area contributed by atoms with Gasteiger partial charge in [0.1, 0.15) is 6.23 Å². The first kappa shape index (κ1) is 16.2. The molecule has 0 aliphatic carbocycles. The Labute approximate surface area is 137 Å². The van der Waals surface area contributed by atoms with Crippen molar-refractivity contribution in [2.75, 3.05) is 24.2 Å². The van der Waals surface area contributed by atoms with Gasteiger partial charge in [0.25, 0.3) is 0 Å². The molecule has 4 N–H and O–H groups in total. The number of nitrogens with zero attached hydrogens (tertiary/aromatic N) is 7. The number of fused-ring (bicyclic) bond motifs is 1. The van der Waals surface area contributed by atoms with Crippen LogP contribution in [0.5, 0.6) is 0 Å². The second kappa shape index (κ2) is 6.87. The van der Waals surface area contributed by atoms with E-state index in [-0.39, 0.29) is 12.6 Å². The van der Waals surface area contributed by atoms with Crippen molar-refractivity contribution in [3.8, 4) is 0 Å². The highest BCUT2D eigenvalue weighted by atomic mass is 16.5. The van der Waals surface area contributed by atoms with Gasteiger partial charge < -0.3 is 20.9 Å². The highest BCUT2D eigenvalue weighted by Crippen LogP contribution is 2.33. The number of rotatable bonds is 6. The van der Waals surface area contributed by atoms with Gasteiger partial charge in [-0.2, -0.15) is 9.97 Å². The maximum atomic E-state index is 9.39. The number of aromatic nitrogens is 4. The smallest absolute Gasteiger partial charge is 0.224 e. The standard InChI is InChI=1S/C13H19N9O2/c1-2-3-16-11-10-12(19-13(14)18-11)22(6-17-10)9-4-7(20-21-15)8(5-23)24-9/h6-9,23H,2-5H2,1H3,(H3,14,16,18,19)/t7-,8+,9+/m0/s1. The summed E-state index contributed by atoms with van der Waals surface area (Å²) in [6.45, 7) is 2.56. The Morgan fingerprint density at radius 1 is 1.58 bits per heavy atom. The van der Waals surface area contributed by atoms with Crippen LogP contribution >= 0.6 is 0 Å². The quantitative estimate of drug-likeness (QED) is 0.406. The van der Waals surface area contributed by atoms with E-state index in [0.29, 0.717) is 23.4 Å². The van der Waals surface area contributed by atoms with E-state index in [9.17, 15) is 5.11 Å². The van der Waals surface area contributed by atoms with E-state index in [4.69, 9.17) is 16.0 Å². The number of anilines is 2. The van der Waals surface area contributed by atoms with Crippen molar-refractivity contribution in [3.05, 3.63) is 16.8 Å². The Bertz CT molecular complexity index is 770. The summed E-state index contributed by atoms with van der Waals surface area (Å²) in [6, 6.07) is -0.445. The van der Waals surface area contributed by atoms with Crippen LogP contribution in [0.25, 0.3) is 21.6 Å². The van der Waals surface area contributed by atoms with E-state index in [1.54, 1.807) is 10.9 Å². The van der Waals surface area contributed by atoms with E-state index < -0.39 is 18.4 Å². The first-order valence-corrected chi connectivity index (χ1v) is 7.72.